The number of ether oxygens (including phenoxy) is 1. The second-order valence-corrected chi connectivity index (χ2v) is 4.78. The fourth-order valence-corrected chi connectivity index (χ4v) is 1.91. The molecule has 0 bridgehead atoms. The van der Waals surface area contributed by atoms with E-state index in [1.807, 2.05) is 13.8 Å². The number of carbonyl (C=O) groups is 1. The van der Waals surface area contributed by atoms with Crippen LogP contribution >= 0.6 is 0 Å². The van der Waals surface area contributed by atoms with Gasteiger partial charge >= 0.3 is 5.97 Å². The van der Waals surface area contributed by atoms with Crippen molar-refractivity contribution in [2.75, 3.05) is 18.1 Å². The van der Waals surface area contributed by atoms with E-state index >= 15 is 0 Å². The molecule has 1 rings (SSSR count). The van der Waals surface area contributed by atoms with E-state index < -0.39 is 10.9 Å². The summed E-state index contributed by atoms with van der Waals surface area (Å²) < 4.78 is 4.92. The lowest BCUT2D eigenvalue weighted by molar-refractivity contribution is -0.384. The molecule has 0 heterocycles. The van der Waals surface area contributed by atoms with E-state index in [2.05, 4.69) is 0 Å². The molecule has 0 atom stereocenters. The van der Waals surface area contributed by atoms with Gasteiger partial charge in [0.05, 0.1) is 11.5 Å². The summed E-state index contributed by atoms with van der Waals surface area (Å²) in [7, 11) is 0. The monoisotopic (exact) mass is 280 g/mol. The van der Waals surface area contributed by atoms with Gasteiger partial charge in [-0.2, -0.15) is 0 Å². The fraction of sp³-hybridized carbons (Fsp3) is 0.500. The third kappa shape index (κ3) is 3.94. The van der Waals surface area contributed by atoms with Crippen molar-refractivity contribution < 1.29 is 14.5 Å². The van der Waals surface area contributed by atoms with Crippen molar-refractivity contribution in [2.45, 2.75) is 33.7 Å². The molecule has 0 unspecified atom stereocenters. The molecular formula is C14H20N2O4. The number of benzene rings is 1. The van der Waals surface area contributed by atoms with Gasteiger partial charge in [0.15, 0.2) is 0 Å². The third-order valence-electron chi connectivity index (χ3n) is 2.87. The minimum atomic E-state index is -0.428. The third-order valence-corrected chi connectivity index (χ3v) is 2.87. The molecule has 0 radical (unpaired) electrons. The standard InChI is InChI=1S/C14H20N2O4/c1-5-20-14(17)9-15(10(2)3)12-7-6-11(4)8-13(12)16(18)19/h6-8,10H,5,9H2,1-4H3. The lowest BCUT2D eigenvalue weighted by Gasteiger charge is -2.27. The van der Waals surface area contributed by atoms with Crippen LogP contribution in [0.2, 0.25) is 0 Å². The van der Waals surface area contributed by atoms with E-state index in [1.165, 1.54) is 6.07 Å². The molecule has 0 aliphatic carbocycles. The van der Waals surface area contributed by atoms with Gasteiger partial charge < -0.3 is 9.64 Å². The van der Waals surface area contributed by atoms with Gasteiger partial charge in [0.1, 0.15) is 12.2 Å². The van der Waals surface area contributed by atoms with Crippen molar-refractivity contribution in [3.05, 3.63) is 33.9 Å². The number of hydrogen-bond acceptors (Lipinski definition) is 5. The van der Waals surface area contributed by atoms with Gasteiger partial charge in [0, 0.05) is 12.1 Å². The average molecular weight is 280 g/mol. The summed E-state index contributed by atoms with van der Waals surface area (Å²) in [6, 6.07) is 4.92. The van der Waals surface area contributed by atoms with Crippen LogP contribution in [0, 0.1) is 17.0 Å². The Labute approximate surface area is 118 Å². The molecule has 0 N–H and O–H groups in total. The van der Waals surface area contributed by atoms with Crippen LogP contribution in [0.5, 0.6) is 0 Å². The van der Waals surface area contributed by atoms with Crippen LogP contribution in [-0.4, -0.2) is 30.1 Å². The zero-order valence-corrected chi connectivity index (χ0v) is 12.3. The Balaban J connectivity index is 3.15. The van der Waals surface area contributed by atoms with Crippen molar-refractivity contribution in [2.24, 2.45) is 0 Å². The first kappa shape index (κ1) is 15.9. The Hall–Kier alpha value is -2.11. The zero-order valence-electron chi connectivity index (χ0n) is 12.3. The van der Waals surface area contributed by atoms with Crippen LogP contribution in [0.15, 0.2) is 18.2 Å². The molecule has 1 aromatic rings. The maximum absolute atomic E-state index is 11.6. The molecule has 110 valence electrons. The van der Waals surface area contributed by atoms with E-state index in [1.54, 1.807) is 30.9 Å². The van der Waals surface area contributed by atoms with Crippen LogP contribution in [0.25, 0.3) is 0 Å². The van der Waals surface area contributed by atoms with Crippen molar-refractivity contribution in [3.8, 4) is 0 Å². The number of nitro benzene ring substituents is 1. The molecule has 6 heteroatoms. The van der Waals surface area contributed by atoms with Crippen LogP contribution in [0.4, 0.5) is 11.4 Å². The summed E-state index contributed by atoms with van der Waals surface area (Å²) in [6.07, 6.45) is 0. The summed E-state index contributed by atoms with van der Waals surface area (Å²) in [5.41, 5.74) is 1.24. The number of nitro groups is 1. The van der Waals surface area contributed by atoms with Gasteiger partial charge in [0.25, 0.3) is 5.69 Å². The number of aryl methyl sites for hydroxylation is 1. The number of rotatable bonds is 6. The highest BCUT2D eigenvalue weighted by Crippen LogP contribution is 2.30. The Morgan fingerprint density at radius 2 is 2.10 bits per heavy atom. The average Bonchev–Trinajstić information content (AvgIpc) is 2.36. The van der Waals surface area contributed by atoms with Crippen molar-refractivity contribution >= 4 is 17.3 Å². The first-order valence-electron chi connectivity index (χ1n) is 6.54. The molecule has 0 spiro atoms. The molecule has 0 saturated carbocycles. The number of carbonyl (C=O) groups excluding carboxylic acids is 1. The Morgan fingerprint density at radius 1 is 1.45 bits per heavy atom. The minimum Gasteiger partial charge on any atom is -0.465 e. The van der Waals surface area contributed by atoms with E-state index in [0.29, 0.717) is 12.3 Å². The Bertz CT molecular complexity index is 500. The number of hydrogen-bond donors (Lipinski definition) is 0. The first-order valence-corrected chi connectivity index (χ1v) is 6.54. The molecule has 0 amide bonds. The predicted octanol–water partition coefficient (Wildman–Crippen LogP) is 2.68. The zero-order chi connectivity index (χ0) is 15.3. The quantitative estimate of drug-likeness (QED) is 0.455. The largest absolute Gasteiger partial charge is 0.465 e. The highest BCUT2D eigenvalue weighted by Gasteiger charge is 2.23. The summed E-state index contributed by atoms with van der Waals surface area (Å²) >= 11 is 0. The molecule has 0 aliphatic heterocycles. The smallest absolute Gasteiger partial charge is 0.325 e. The predicted molar refractivity (Wildman–Crippen MR) is 76.9 cm³/mol. The summed E-state index contributed by atoms with van der Waals surface area (Å²) in [5.74, 6) is -0.393. The maximum atomic E-state index is 11.6. The second kappa shape index (κ2) is 6.88. The molecule has 0 fully saturated rings. The molecule has 1 aromatic carbocycles. The van der Waals surface area contributed by atoms with Gasteiger partial charge in [-0.3, -0.25) is 14.9 Å². The lowest BCUT2D eigenvalue weighted by atomic mass is 10.1. The number of nitrogens with zero attached hydrogens (tertiary/aromatic N) is 2. The van der Waals surface area contributed by atoms with Gasteiger partial charge in [-0.05, 0) is 39.3 Å². The van der Waals surface area contributed by atoms with Crippen molar-refractivity contribution in [1.29, 1.82) is 0 Å². The fourth-order valence-electron chi connectivity index (χ4n) is 1.91. The van der Waals surface area contributed by atoms with Gasteiger partial charge in [-0.25, -0.2) is 0 Å². The van der Waals surface area contributed by atoms with Crippen LogP contribution in [0.3, 0.4) is 0 Å². The van der Waals surface area contributed by atoms with Crippen molar-refractivity contribution in [3.63, 3.8) is 0 Å². The Kier molecular flexibility index (Phi) is 5.49. The molecular weight excluding hydrogens is 260 g/mol. The highest BCUT2D eigenvalue weighted by molar-refractivity contribution is 5.78. The second-order valence-electron chi connectivity index (χ2n) is 4.78. The molecule has 6 nitrogen and oxygen atoms in total. The van der Waals surface area contributed by atoms with Crippen LogP contribution in [-0.2, 0) is 9.53 Å². The molecule has 20 heavy (non-hydrogen) atoms. The van der Waals surface area contributed by atoms with Gasteiger partial charge in [-0.15, -0.1) is 0 Å². The van der Waals surface area contributed by atoms with E-state index in [9.17, 15) is 14.9 Å². The van der Waals surface area contributed by atoms with Crippen molar-refractivity contribution in [1.82, 2.24) is 0 Å². The van der Waals surface area contributed by atoms with Crippen LogP contribution < -0.4 is 4.90 Å². The SMILES string of the molecule is CCOC(=O)CN(c1ccc(C)cc1[N+](=O)[O-])C(C)C. The molecule has 0 aromatic heterocycles. The Morgan fingerprint density at radius 3 is 2.60 bits per heavy atom. The number of anilines is 1. The van der Waals surface area contributed by atoms with E-state index in [-0.39, 0.29) is 18.3 Å². The topological polar surface area (TPSA) is 72.7 Å². The first-order chi connectivity index (χ1) is 9.36. The highest BCUT2D eigenvalue weighted by atomic mass is 16.6. The maximum Gasteiger partial charge on any atom is 0.325 e. The van der Waals surface area contributed by atoms with Gasteiger partial charge in [0.2, 0.25) is 0 Å². The van der Waals surface area contributed by atoms with Gasteiger partial charge in [-0.1, -0.05) is 6.07 Å². The number of esters is 1. The molecule has 0 aliphatic rings. The lowest BCUT2D eigenvalue weighted by Crippen LogP contribution is -2.37. The summed E-state index contributed by atoms with van der Waals surface area (Å²) in [4.78, 5) is 24.1. The molecule has 0 saturated heterocycles. The summed E-state index contributed by atoms with van der Waals surface area (Å²) in [5, 5.41) is 11.2. The van der Waals surface area contributed by atoms with E-state index in [4.69, 9.17) is 4.74 Å². The minimum absolute atomic E-state index is 0.00278. The van der Waals surface area contributed by atoms with Crippen LogP contribution in [0.1, 0.15) is 26.3 Å². The normalized spacial score (nSPS) is 10.4. The summed E-state index contributed by atoms with van der Waals surface area (Å²) in [6.45, 7) is 7.57. The van der Waals surface area contributed by atoms with E-state index in [0.717, 1.165) is 5.56 Å².